The van der Waals surface area contributed by atoms with E-state index in [1.165, 1.54) is 19.3 Å². The van der Waals surface area contributed by atoms with E-state index in [4.69, 9.17) is 14.2 Å². The summed E-state index contributed by atoms with van der Waals surface area (Å²) in [6.45, 7) is 14.1. The summed E-state index contributed by atoms with van der Waals surface area (Å²) in [7, 11) is 0. The van der Waals surface area contributed by atoms with Gasteiger partial charge in [-0.1, -0.05) is 26.2 Å². The summed E-state index contributed by atoms with van der Waals surface area (Å²) < 4.78 is 16.6. The van der Waals surface area contributed by atoms with Crippen LogP contribution in [0.5, 0.6) is 0 Å². The van der Waals surface area contributed by atoms with Gasteiger partial charge in [-0.2, -0.15) is 0 Å². The van der Waals surface area contributed by atoms with Gasteiger partial charge in [-0.25, -0.2) is 0 Å². The van der Waals surface area contributed by atoms with Gasteiger partial charge in [0.25, 0.3) is 0 Å². The summed E-state index contributed by atoms with van der Waals surface area (Å²) in [5.74, 6) is -0.0339. The molecule has 174 valence electrons. The van der Waals surface area contributed by atoms with Crippen LogP contribution in [0.3, 0.4) is 0 Å². The predicted molar refractivity (Wildman–Crippen MR) is 118 cm³/mol. The largest absolute Gasteiger partial charge is 0.463 e. The molecular formula is C25H44O5. The molecule has 5 nitrogen and oxygen atoms in total. The van der Waals surface area contributed by atoms with Crippen molar-refractivity contribution in [3.05, 3.63) is 0 Å². The second-order valence-corrected chi connectivity index (χ2v) is 10.7. The van der Waals surface area contributed by atoms with E-state index in [1.807, 2.05) is 27.7 Å². The summed E-state index contributed by atoms with van der Waals surface area (Å²) in [6, 6.07) is 0. The highest BCUT2D eigenvalue weighted by Gasteiger charge is 2.47. The Labute approximate surface area is 183 Å². The van der Waals surface area contributed by atoms with Gasteiger partial charge in [0.2, 0.25) is 0 Å². The van der Waals surface area contributed by atoms with Crippen molar-refractivity contribution in [2.75, 3.05) is 0 Å². The van der Waals surface area contributed by atoms with E-state index in [1.54, 1.807) is 0 Å². The minimum absolute atomic E-state index is 0.0919. The standard InChI is InChI=1S/C25H44O5/c1-16(2)28-23(26)20-13-12-19(15-21(20)24(27)29-17(3)4)10-8-9-18(5)11-14-22-25(6,7)30-22/h16-22H,8-15H2,1-7H3. The number of rotatable bonds is 11. The van der Waals surface area contributed by atoms with Gasteiger partial charge < -0.3 is 14.2 Å². The molecule has 0 aromatic carbocycles. The Morgan fingerprint density at radius 2 is 1.47 bits per heavy atom. The summed E-state index contributed by atoms with van der Waals surface area (Å²) >= 11 is 0. The van der Waals surface area contributed by atoms with Crippen molar-refractivity contribution in [3.63, 3.8) is 0 Å². The molecule has 2 rings (SSSR count). The maximum atomic E-state index is 12.7. The molecule has 1 aliphatic carbocycles. The third-order valence-electron chi connectivity index (χ3n) is 6.66. The van der Waals surface area contributed by atoms with Crippen molar-refractivity contribution < 1.29 is 23.8 Å². The van der Waals surface area contributed by atoms with Crippen molar-refractivity contribution in [1.29, 1.82) is 0 Å². The zero-order valence-electron chi connectivity index (χ0n) is 20.2. The average molecular weight is 425 g/mol. The third kappa shape index (κ3) is 7.86. The fraction of sp³-hybridized carbons (Fsp3) is 0.920. The molecule has 2 aliphatic rings. The molecule has 1 heterocycles. The Balaban J connectivity index is 1.80. The van der Waals surface area contributed by atoms with E-state index in [0.29, 0.717) is 17.9 Å². The van der Waals surface area contributed by atoms with Crippen molar-refractivity contribution in [1.82, 2.24) is 0 Å². The zero-order chi connectivity index (χ0) is 22.5. The first-order chi connectivity index (χ1) is 14.0. The first kappa shape index (κ1) is 25.2. The Bertz CT molecular complexity index is 568. The van der Waals surface area contributed by atoms with E-state index >= 15 is 0 Å². The van der Waals surface area contributed by atoms with Crippen LogP contribution in [0.1, 0.15) is 99.8 Å². The molecule has 0 bridgehead atoms. The van der Waals surface area contributed by atoms with Gasteiger partial charge in [0.15, 0.2) is 0 Å². The molecule has 0 N–H and O–H groups in total. The Hall–Kier alpha value is -1.10. The number of carbonyl (C=O) groups is 2. The van der Waals surface area contributed by atoms with Gasteiger partial charge in [0, 0.05) is 0 Å². The fourth-order valence-electron chi connectivity index (χ4n) is 4.78. The minimum atomic E-state index is -0.371. The molecule has 5 heteroatoms. The van der Waals surface area contributed by atoms with Crippen LogP contribution < -0.4 is 0 Å². The number of carbonyl (C=O) groups excluding carboxylic acids is 2. The number of hydrogen-bond donors (Lipinski definition) is 0. The highest BCUT2D eigenvalue weighted by molar-refractivity contribution is 5.82. The molecule has 0 amide bonds. The van der Waals surface area contributed by atoms with Gasteiger partial charge in [-0.3, -0.25) is 9.59 Å². The van der Waals surface area contributed by atoms with Gasteiger partial charge in [-0.15, -0.1) is 0 Å². The second-order valence-electron chi connectivity index (χ2n) is 10.7. The van der Waals surface area contributed by atoms with Crippen LogP contribution in [0.2, 0.25) is 0 Å². The maximum absolute atomic E-state index is 12.7. The van der Waals surface area contributed by atoms with E-state index in [-0.39, 0.29) is 41.6 Å². The van der Waals surface area contributed by atoms with Gasteiger partial charge in [-0.05, 0) is 85.5 Å². The van der Waals surface area contributed by atoms with E-state index in [2.05, 4.69) is 20.8 Å². The molecule has 0 radical (unpaired) electrons. The highest BCUT2D eigenvalue weighted by Crippen LogP contribution is 2.40. The molecule has 0 spiro atoms. The van der Waals surface area contributed by atoms with Crippen LogP contribution >= 0.6 is 0 Å². The molecule has 1 saturated carbocycles. The van der Waals surface area contributed by atoms with Crippen molar-refractivity contribution in [2.24, 2.45) is 23.7 Å². The number of ether oxygens (including phenoxy) is 3. The molecule has 0 aromatic rings. The maximum Gasteiger partial charge on any atom is 0.310 e. The summed E-state index contributed by atoms with van der Waals surface area (Å²) in [4.78, 5) is 25.3. The van der Waals surface area contributed by atoms with E-state index in [0.717, 1.165) is 32.1 Å². The molecule has 0 aromatic heterocycles. The molecule has 5 unspecified atom stereocenters. The Morgan fingerprint density at radius 1 is 0.900 bits per heavy atom. The lowest BCUT2D eigenvalue weighted by Gasteiger charge is -2.34. The topological polar surface area (TPSA) is 65.1 Å². The zero-order valence-corrected chi connectivity index (χ0v) is 20.2. The molecular weight excluding hydrogens is 380 g/mol. The second kappa shape index (κ2) is 11.0. The monoisotopic (exact) mass is 424 g/mol. The van der Waals surface area contributed by atoms with Crippen LogP contribution in [0, 0.1) is 23.7 Å². The summed E-state index contributed by atoms with van der Waals surface area (Å²) in [5.41, 5.74) is 0.0919. The number of hydrogen-bond acceptors (Lipinski definition) is 5. The molecule has 2 fully saturated rings. The number of esters is 2. The summed E-state index contributed by atoms with van der Waals surface area (Å²) in [6.07, 6.45) is 8.43. The van der Waals surface area contributed by atoms with Crippen molar-refractivity contribution in [3.8, 4) is 0 Å². The van der Waals surface area contributed by atoms with Crippen LogP contribution in [0.4, 0.5) is 0 Å². The van der Waals surface area contributed by atoms with Crippen LogP contribution in [-0.2, 0) is 23.8 Å². The first-order valence-corrected chi connectivity index (χ1v) is 12.1. The predicted octanol–water partition coefficient (Wildman–Crippen LogP) is 5.69. The quantitative estimate of drug-likeness (QED) is 0.315. The van der Waals surface area contributed by atoms with Crippen LogP contribution in [0.25, 0.3) is 0 Å². The van der Waals surface area contributed by atoms with Crippen LogP contribution in [-0.4, -0.2) is 35.9 Å². The number of epoxide rings is 1. The normalized spacial score (nSPS) is 29.0. The summed E-state index contributed by atoms with van der Waals surface area (Å²) in [5, 5.41) is 0. The lowest BCUT2D eigenvalue weighted by atomic mass is 9.72. The smallest absolute Gasteiger partial charge is 0.310 e. The van der Waals surface area contributed by atoms with Crippen LogP contribution in [0.15, 0.2) is 0 Å². The third-order valence-corrected chi connectivity index (χ3v) is 6.66. The lowest BCUT2D eigenvalue weighted by Crippen LogP contribution is -2.39. The molecule has 30 heavy (non-hydrogen) atoms. The van der Waals surface area contributed by atoms with Gasteiger partial charge >= 0.3 is 11.9 Å². The van der Waals surface area contributed by atoms with Crippen molar-refractivity contribution in [2.45, 2.75) is 124 Å². The van der Waals surface area contributed by atoms with E-state index in [9.17, 15) is 9.59 Å². The van der Waals surface area contributed by atoms with E-state index < -0.39 is 0 Å². The molecule has 1 saturated heterocycles. The molecule has 5 atom stereocenters. The average Bonchev–Trinajstić information content (AvgIpc) is 3.25. The van der Waals surface area contributed by atoms with Crippen molar-refractivity contribution >= 4 is 11.9 Å². The minimum Gasteiger partial charge on any atom is -0.463 e. The Morgan fingerprint density at radius 3 is 2.00 bits per heavy atom. The van der Waals surface area contributed by atoms with Gasteiger partial charge in [0.05, 0.1) is 35.7 Å². The Kier molecular flexibility index (Phi) is 9.20. The molecule has 1 aliphatic heterocycles. The highest BCUT2D eigenvalue weighted by atomic mass is 16.6. The lowest BCUT2D eigenvalue weighted by molar-refractivity contribution is -0.168. The SMILES string of the molecule is CC(CCCC1CCC(C(=O)OC(C)C)C(C(=O)OC(C)C)C1)CCC1OC1(C)C. The van der Waals surface area contributed by atoms with Gasteiger partial charge in [0.1, 0.15) is 0 Å². The fourth-order valence-corrected chi connectivity index (χ4v) is 4.78. The first-order valence-electron chi connectivity index (χ1n) is 12.1.